The summed E-state index contributed by atoms with van der Waals surface area (Å²) >= 11 is 30.9. The molecule has 0 spiro atoms. The first kappa shape index (κ1) is 48.0. The van der Waals surface area contributed by atoms with Crippen LogP contribution in [0.5, 0.6) is 0 Å². The van der Waals surface area contributed by atoms with Crippen molar-refractivity contribution in [1.29, 1.82) is 0 Å². The summed E-state index contributed by atoms with van der Waals surface area (Å²) in [5.41, 5.74) is 3.77. The summed E-state index contributed by atoms with van der Waals surface area (Å²) in [7, 11) is 0. The van der Waals surface area contributed by atoms with Gasteiger partial charge in [0.05, 0.1) is 21.2 Å². The Morgan fingerprint density at radius 2 is 0.984 bits per heavy atom. The molecule has 2 unspecified atom stereocenters. The third-order valence-electron chi connectivity index (χ3n) is 8.95. The molecular weight excluding hydrogens is 914 g/mol. The number of hydrogen-bond donors (Lipinski definition) is 4. The van der Waals surface area contributed by atoms with E-state index in [2.05, 4.69) is 41.7 Å². The van der Waals surface area contributed by atoms with Crippen LogP contribution in [-0.2, 0) is 37.4 Å². The van der Waals surface area contributed by atoms with Gasteiger partial charge in [-0.3, -0.25) is 28.8 Å². The molecule has 0 bridgehead atoms. The Labute approximate surface area is 386 Å². The van der Waals surface area contributed by atoms with Crippen molar-refractivity contribution < 1.29 is 28.8 Å². The van der Waals surface area contributed by atoms with Gasteiger partial charge in [0.15, 0.2) is 11.6 Å². The Bertz CT molecular complexity index is 2620. The minimum Gasteiger partial charge on any atom is -0.324 e. The van der Waals surface area contributed by atoms with E-state index in [0.717, 1.165) is 25.0 Å². The van der Waals surface area contributed by atoms with Crippen molar-refractivity contribution in [3.05, 3.63) is 141 Å². The lowest BCUT2D eigenvalue weighted by Gasteiger charge is -2.15. The zero-order valence-electron chi connectivity index (χ0n) is 33.4. The number of nitrogens with zero attached hydrogens (tertiary/aromatic N) is 4. The zero-order valence-corrected chi connectivity index (χ0v) is 37.2. The second-order valence-electron chi connectivity index (χ2n) is 13.6. The second-order valence-corrected chi connectivity index (χ2v) is 15.3. The third kappa shape index (κ3) is 13.0. The number of hydrogen-bond acceptors (Lipinski definition) is 10. The van der Waals surface area contributed by atoms with Crippen LogP contribution >= 0.6 is 58.0 Å². The maximum atomic E-state index is 13.5. The van der Waals surface area contributed by atoms with Gasteiger partial charge in [-0.25, -0.2) is 0 Å². The van der Waals surface area contributed by atoms with Crippen molar-refractivity contribution in [1.82, 2.24) is 0 Å². The van der Waals surface area contributed by atoms with Crippen LogP contribution in [0.1, 0.15) is 51.3 Å². The Kier molecular flexibility index (Phi) is 17.4. The number of Topliss-reactive ketones (excluding diaryl/α,β-unsaturated/α-hetero) is 2. The van der Waals surface area contributed by atoms with Gasteiger partial charge < -0.3 is 21.3 Å². The zero-order chi connectivity index (χ0) is 45.6. The molecule has 324 valence electrons. The van der Waals surface area contributed by atoms with Crippen molar-refractivity contribution >= 4 is 127 Å². The van der Waals surface area contributed by atoms with Gasteiger partial charge in [-0.05, 0) is 104 Å². The van der Waals surface area contributed by atoms with Crippen LogP contribution in [0.2, 0.25) is 10.0 Å². The van der Waals surface area contributed by atoms with Crippen molar-refractivity contribution in [3.63, 3.8) is 0 Å². The van der Waals surface area contributed by atoms with E-state index in [1.54, 1.807) is 36.4 Å². The number of azo groups is 2. The summed E-state index contributed by atoms with van der Waals surface area (Å²) in [5, 5.41) is 26.7. The van der Waals surface area contributed by atoms with Crippen LogP contribution in [0, 0.1) is 0 Å². The molecule has 0 fully saturated rings. The van der Waals surface area contributed by atoms with Crippen molar-refractivity contribution in [2.75, 3.05) is 27.1 Å². The molecule has 2 atom stereocenters. The molecule has 4 amide bonds. The number of aryl methyl sites for hydroxylation is 1. The van der Waals surface area contributed by atoms with Gasteiger partial charge in [0.25, 0.3) is 23.6 Å². The first-order valence-corrected chi connectivity index (χ1v) is 21.2. The smallest absolute Gasteiger partial charge is 0.258 e. The van der Waals surface area contributed by atoms with E-state index in [-0.39, 0.29) is 68.0 Å². The maximum Gasteiger partial charge on any atom is 0.258 e. The highest BCUT2D eigenvalue weighted by Crippen LogP contribution is 2.32. The summed E-state index contributed by atoms with van der Waals surface area (Å²) in [6, 6.07) is 24.1. The van der Waals surface area contributed by atoms with Crippen LogP contribution in [0.25, 0.3) is 0 Å². The number of anilines is 4. The molecule has 19 heteroatoms. The molecule has 0 radical (unpaired) electrons. The van der Waals surface area contributed by atoms with Gasteiger partial charge in [0, 0.05) is 40.4 Å². The lowest BCUT2D eigenvalue weighted by Crippen LogP contribution is -2.32. The topological polar surface area (TPSA) is 200 Å². The molecule has 0 saturated carbocycles. The molecule has 0 saturated heterocycles. The monoisotopic (exact) mass is 948 g/mol. The predicted molar refractivity (Wildman–Crippen MR) is 247 cm³/mol. The lowest BCUT2D eigenvalue weighted by molar-refractivity contribution is -0.127. The highest BCUT2D eigenvalue weighted by atomic mass is 35.5. The first-order chi connectivity index (χ1) is 30.2. The Balaban J connectivity index is 1.27. The van der Waals surface area contributed by atoms with Crippen LogP contribution in [0.3, 0.4) is 0 Å². The number of benzene rings is 5. The largest absolute Gasteiger partial charge is 0.324 e. The van der Waals surface area contributed by atoms with E-state index in [4.69, 9.17) is 58.0 Å². The molecule has 14 nitrogen and oxygen atoms in total. The van der Waals surface area contributed by atoms with Crippen molar-refractivity contribution in [2.45, 2.75) is 44.1 Å². The standard InChI is InChI=1S/C44H37Cl5N8O6/c1-24(58)39(56-54-35-13-5-11-32(37(35)48)41(60)50-29-9-3-7-26(19-29)22-46)43(62)52-31-15-16-34(28(21-31)17-18-45)53-44(63)40(25(2)59)57-55-36-14-6-12-33(38(36)49)42(61)51-30-10-4-8-27(20-30)23-47/h3-16,19-21,39-40H,17-18,22-23H2,1-2H3,(H,50,60)(H,51,61)(H,52,62)(H,53,63). The fourth-order valence-corrected chi connectivity index (χ4v) is 6.83. The minimum absolute atomic E-state index is 0.0359. The second kappa shape index (κ2) is 22.9. The van der Waals surface area contributed by atoms with E-state index in [0.29, 0.717) is 16.9 Å². The van der Waals surface area contributed by atoms with E-state index < -0.39 is 47.3 Å². The summed E-state index contributed by atoms with van der Waals surface area (Å²) in [4.78, 5) is 78.2. The summed E-state index contributed by atoms with van der Waals surface area (Å²) in [6.45, 7) is 2.32. The van der Waals surface area contributed by atoms with Gasteiger partial charge >= 0.3 is 0 Å². The van der Waals surface area contributed by atoms with Crippen LogP contribution in [0.4, 0.5) is 34.1 Å². The van der Waals surface area contributed by atoms with E-state index in [9.17, 15) is 28.8 Å². The van der Waals surface area contributed by atoms with Crippen LogP contribution in [-0.4, -0.2) is 53.2 Å². The van der Waals surface area contributed by atoms with Gasteiger partial charge in [-0.2, -0.15) is 20.5 Å². The fourth-order valence-electron chi connectivity index (χ4n) is 5.80. The number of alkyl halides is 3. The molecular formula is C44H37Cl5N8O6. The Morgan fingerprint density at radius 1 is 0.540 bits per heavy atom. The SMILES string of the molecule is CC(=O)C(N=Nc1cccc(C(=O)Nc2cccc(CCl)c2)c1Cl)C(=O)Nc1ccc(NC(=O)C(N=Nc2cccc(C(=O)Nc3cccc(CCl)c3)c2Cl)C(C)=O)c(CCCl)c1. The quantitative estimate of drug-likeness (QED) is 0.0382. The first-order valence-electron chi connectivity index (χ1n) is 18.9. The number of ketones is 2. The van der Waals surface area contributed by atoms with Gasteiger partial charge in [-0.1, -0.05) is 59.6 Å². The average Bonchev–Trinajstić information content (AvgIpc) is 3.25. The molecule has 5 aromatic rings. The van der Waals surface area contributed by atoms with Crippen molar-refractivity contribution in [2.24, 2.45) is 20.5 Å². The predicted octanol–water partition coefficient (Wildman–Crippen LogP) is 11.1. The van der Waals surface area contributed by atoms with E-state index in [1.807, 2.05) is 12.1 Å². The molecule has 0 heterocycles. The number of rotatable bonds is 18. The van der Waals surface area contributed by atoms with Crippen molar-refractivity contribution in [3.8, 4) is 0 Å². The number of halogens is 5. The van der Waals surface area contributed by atoms with E-state index >= 15 is 0 Å². The fraction of sp³-hybridized carbons (Fsp3) is 0.182. The summed E-state index contributed by atoms with van der Waals surface area (Å²) in [5.74, 6) is -3.38. The molecule has 0 aliphatic rings. The highest BCUT2D eigenvalue weighted by molar-refractivity contribution is 6.37. The molecule has 5 rings (SSSR count). The molecule has 63 heavy (non-hydrogen) atoms. The normalized spacial score (nSPS) is 12.1. The molecule has 0 aliphatic carbocycles. The average molecular weight is 951 g/mol. The maximum absolute atomic E-state index is 13.5. The Morgan fingerprint density at radius 3 is 1.43 bits per heavy atom. The Hall–Kier alpha value is -6.03. The molecule has 0 aliphatic heterocycles. The number of carbonyl (C=O) groups excluding carboxylic acids is 6. The van der Waals surface area contributed by atoms with Crippen LogP contribution in [0.15, 0.2) is 124 Å². The number of nitrogens with one attached hydrogen (secondary N) is 4. The summed E-state index contributed by atoms with van der Waals surface area (Å²) in [6.07, 6.45) is 0.212. The highest BCUT2D eigenvalue weighted by Gasteiger charge is 2.26. The number of carbonyl (C=O) groups is 6. The van der Waals surface area contributed by atoms with E-state index in [1.165, 1.54) is 54.6 Å². The number of amides is 4. The van der Waals surface area contributed by atoms with Gasteiger partial charge in [0.1, 0.15) is 11.4 Å². The molecule has 5 aromatic carbocycles. The third-order valence-corrected chi connectivity index (χ3v) is 10.5. The minimum atomic E-state index is -1.61. The summed E-state index contributed by atoms with van der Waals surface area (Å²) < 4.78 is 0. The van der Waals surface area contributed by atoms with Gasteiger partial charge in [-0.15, -0.1) is 34.8 Å². The van der Waals surface area contributed by atoms with Gasteiger partial charge in [0.2, 0.25) is 12.1 Å². The molecule has 4 N–H and O–H groups in total. The lowest BCUT2D eigenvalue weighted by atomic mass is 10.1. The van der Waals surface area contributed by atoms with Crippen LogP contribution < -0.4 is 21.3 Å². The molecule has 0 aromatic heterocycles.